The lowest BCUT2D eigenvalue weighted by atomic mass is 10.1. The Labute approximate surface area is 143 Å². The Morgan fingerprint density at radius 3 is 2.96 bits per heavy atom. The Kier molecular flexibility index (Phi) is 3.87. The first-order valence-electron chi connectivity index (χ1n) is 7.73. The summed E-state index contributed by atoms with van der Waals surface area (Å²) in [5.41, 5.74) is 8.67. The molecule has 3 aromatic heterocycles. The summed E-state index contributed by atoms with van der Waals surface area (Å²) in [5.74, 6) is 1.67. The molecule has 0 saturated heterocycles. The average molecular weight is 336 g/mol. The maximum Gasteiger partial charge on any atom is 0.231 e. The van der Waals surface area contributed by atoms with Gasteiger partial charge in [-0.25, -0.2) is 9.97 Å². The van der Waals surface area contributed by atoms with Crippen LogP contribution in [-0.2, 0) is 17.8 Å². The molecular formula is C17H16N6O2. The first-order chi connectivity index (χ1) is 12.2. The minimum atomic E-state index is 0.293. The summed E-state index contributed by atoms with van der Waals surface area (Å²) in [6.07, 6.45) is 4.06. The van der Waals surface area contributed by atoms with Gasteiger partial charge in [-0.1, -0.05) is 23.4 Å². The van der Waals surface area contributed by atoms with Crippen molar-refractivity contribution in [1.29, 1.82) is 0 Å². The molecule has 3 N–H and O–H groups in total. The quantitative estimate of drug-likeness (QED) is 0.574. The molecule has 0 radical (unpaired) electrons. The number of aromatic nitrogens is 5. The van der Waals surface area contributed by atoms with E-state index in [0.717, 1.165) is 16.5 Å². The van der Waals surface area contributed by atoms with E-state index < -0.39 is 0 Å². The highest BCUT2D eigenvalue weighted by Crippen LogP contribution is 2.23. The maximum absolute atomic E-state index is 5.97. The van der Waals surface area contributed by atoms with Gasteiger partial charge in [-0.3, -0.25) is 0 Å². The summed E-state index contributed by atoms with van der Waals surface area (Å²) in [4.78, 5) is 16.0. The van der Waals surface area contributed by atoms with E-state index >= 15 is 0 Å². The van der Waals surface area contributed by atoms with Gasteiger partial charge in [0.25, 0.3) is 0 Å². The number of methoxy groups -OCH3 is 1. The number of nitrogens with one attached hydrogen (secondary N) is 1. The zero-order valence-electron chi connectivity index (χ0n) is 13.6. The number of ether oxygens (including phenoxy) is 1. The van der Waals surface area contributed by atoms with Crippen molar-refractivity contribution in [2.75, 3.05) is 12.8 Å². The number of benzene rings is 1. The van der Waals surface area contributed by atoms with Crippen LogP contribution in [0.25, 0.3) is 22.3 Å². The molecule has 25 heavy (non-hydrogen) atoms. The summed E-state index contributed by atoms with van der Waals surface area (Å²) in [7, 11) is 1.57. The van der Waals surface area contributed by atoms with E-state index in [4.69, 9.17) is 15.0 Å². The molecule has 0 unspecified atom stereocenters. The second-order valence-electron chi connectivity index (χ2n) is 5.57. The Morgan fingerprint density at radius 2 is 2.12 bits per heavy atom. The number of nitrogens with zero attached hydrogens (tertiary/aromatic N) is 4. The van der Waals surface area contributed by atoms with Crippen LogP contribution in [0.4, 0.5) is 5.82 Å². The lowest BCUT2D eigenvalue weighted by Crippen LogP contribution is -2.03. The lowest BCUT2D eigenvalue weighted by molar-refractivity contribution is 0.178. The van der Waals surface area contributed by atoms with E-state index in [1.807, 2.05) is 24.4 Å². The summed E-state index contributed by atoms with van der Waals surface area (Å²) >= 11 is 0. The molecule has 4 aromatic rings. The predicted octanol–water partition coefficient (Wildman–Crippen LogP) is 2.33. The summed E-state index contributed by atoms with van der Waals surface area (Å²) in [6.45, 7) is 0.294. The van der Waals surface area contributed by atoms with Gasteiger partial charge < -0.3 is 20.0 Å². The zero-order chi connectivity index (χ0) is 17.2. The van der Waals surface area contributed by atoms with Gasteiger partial charge in [0.15, 0.2) is 5.82 Å². The van der Waals surface area contributed by atoms with Crippen molar-refractivity contribution in [1.82, 2.24) is 25.1 Å². The largest absolute Gasteiger partial charge is 0.383 e. The van der Waals surface area contributed by atoms with Gasteiger partial charge in [-0.05, 0) is 11.6 Å². The van der Waals surface area contributed by atoms with E-state index in [0.29, 0.717) is 41.9 Å². The SMILES string of the molecule is COCc1ncc(-c2noc(Cc3c[nH]c4ccccc34)n2)c(N)n1. The molecule has 0 spiro atoms. The number of nitrogen functional groups attached to an aromatic ring is 1. The van der Waals surface area contributed by atoms with Crippen molar-refractivity contribution in [3.8, 4) is 11.4 Å². The molecule has 0 fully saturated rings. The highest BCUT2D eigenvalue weighted by atomic mass is 16.5. The van der Waals surface area contributed by atoms with E-state index in [1.54, 1.807) is 13.3 Å². The zero-order valence-corrected chi connectivity index (χ0v) is 13.6. The number of hydrogen-bond donors (Lipinski definition) is 2. The van der Waals surface area contributed by atoms with Crippen LogP contribution in [0.2, 0.25) is 0 Å². The molecule has 0 saturated carbocycles. The topological polar surface area (TPSA) is 116 Å². The van der Waals surface area contributed by atoms with Crippen LogP contribution in [-0.4, -0.2) is 32.2 Å². The van der Waals surface area contributed by atoms with Crippen molar-refractivity contribution in [2.45, 2.75) is 13.0 Å². The fourth-order valence-electron chi connectivity index (χ4n) is 2.68. The molecule has 0 amide bonds. The van der Waals surface area contributed by atoms with E-state index in [2.05, 4.69) is 31.2 Å². The van der Waals surface area contributed by atoms with Gasteiger partial charge >= 0.3 is 0 Å². The average Bonchev–Trinajstić information content (AvgIpc) is 3.24. The van der Waals surface area contributed by atoms with Crippen molar-refractivity contribution in [2.24, 2.45) is 0 Å². The van der Waals surface area contributed by atoms with Gasteiger partial charge in [0, 0.05) is 30.4 Å². The van der Waals surface area contributed by atoms with Gasteiger partial charge in [0.1, 0.15) is 12.4 Å². The molecule has 8 heteroatoms. The molecule has 1 aromatic carbocycles. The number of rotatable bonds is 5. The van der Waals surface area contributed by atoms with Crippen molar-refractivity contribution >= 4 is 16.7 Å². The fourth-order valence-corrected chi connectivity index (χ4v) is 2.68. The third kappa shape index (κ3) is 2.94. The van der Waals surface area contributed by atoms with E-state index in [-0.39, 0.29) is 0 Å². The standard InChI is InChI=1S/C17H16N6O2/c1-24-9-14-20-8-12(16(18)21-14)17-22-15(25-23-17)6-10-7-19-13-5-3-2-4-11(10)13/h2-5,7-8,19H,6,9H2,1H3,(H2,18,20,21). The maximum atomic E-state index is 5.97. The second-order valence-corrected chi connectivity index (χ2v) is 5.57. The molecule has 0 bridgehead atoms. The molecule has 126 valence electrons. The predicted molar refractivity (Wildman–Crippen MR) is 91.6 cm³/mol. The van der Waals surface area contributed by atoms with Gasteiger partial charge in [-0.15, -0.1) is 0 Å². The highest BCUT2D eigenvalue weighted by molar-refractivity contribution is 5.83. The van der Waals surface area contributed by atoms with Crippen LogP contribution in [0.5, 0.6) is 0 Å². The number of fused-ring (bicyclic) bond motifs is 1. The number of aromatic amines is 1. The Hall–Kier alpha value is -3.26. The lowest BCUT2D eigenvalue weighted by Gasteiger charge is -2.02. The summed E-state index contributed by atoms with van der Waals surface area (Å²) in [6, 6.07) is 8.07. The minimum Gasteiger partial charge on any atom is -0.383 e. The number of H-pyrrole nitrogens is 1. The normalized spacial score (nSPS) is 11.2. The van der Waals surface area contributed by atoms with Crippen LogP contribution >= 0.6 is 0 Å². The summed E-state index contributed by atoms with van der Waals surface area (Å²) < 4.78 is 10.4. The molecule has 8 nitrogen and oxygen atoms in total. The molecule has 0 aliphatic heterocycles. The third-order valence-electron chi connectivity index (χ3n) is 3.87. The molecule has 4 rings (SSSR count). The van der Waals surface area contributed by atoms with Crippen LogP contribution in [0.3, 0.4) is 0 Å². The van der Waals surface area contributed by atoms with Crippen molar-refractivity contribution < 1.29 is 9.26 Å². The van der Waals surface area contributed by atoms with Crippen LogP contribution in [0.1, 0.15) is 17.3 Å². The fraction of sp³-hybridized carbons (Fsp3) is 0.176. The van der Waals surface area contributed by atoms with E-state index in [9.17, 15) is 0 Å². The van der Waals surface area contributed by atoms with Crippen LogP contribution < -0.4 is 5.73 Å². The van der Waals surface area contributed by atoms with Crippen LogP contribution in [0, 0.1) is 0 Å². The van der Waals surface area contributed by atoms with Crippen molar-refractivity contribution in [3.63, 3.8) is 0 Å². The van der Waals surface area contributed by atoms with Crippen LogP contribution in [0.15, 0.2) is 41.2 Å². The molecule has 0 atom stereocenters. The number of nitrogens with two attached hydrogens (primary N) is 1. The number of hydrogen-bond acceptors (Lipinski definition) is 7. The monoisotopic (exact) mass is 336 g/mol. The minimum absolute atomic E-state index is 0.293. The van der Waals surface area contributed by atoms with E-state index in [1.165, 1.54) is 0 Å². The Morgan fingerprint density at radius 1 is 1.24 bits per heavy atom. The molecule has 0 aliphatic rings. The first-order valence-corrected chi connectivity index (χ1v) is 7.73. The number of para-hydroxylation sites is 1. The highest BCUT2D eigenvalue weighted by Gasteiger charge is 2.15. The smallest absolute Gasteiger partial charge is 0.231 e. The third-order valence-corrected chi connectivity index (χ3v) is 3.87. The Bertz CT molecular complexity index is 1020. The van der Waals surface area contributed by atoms with Gasteiger partial charge in [0.05, 0.1) is 12.0 Å². The van der Waals surface area contributed by atoms with Crippen molar-refractivity contribution in [3.05, 3.63) is 53.9 Å². The molecular weight excluding hydrogens is 320 g/mol. The number of anilines is 1. The molecule has 0 aliphatic carbocycles. The molecule has 3 heterocycles. The van der Waals surface area contributed by atoms with Gasteiger partial charge in [0.2, 0.25) is 11.7 Å². The second kappa shape index (κ2) is 6.33. The summed E-state index contributed by atoms with van der Waals surface area (Å²) in [5, 5.41) is 5.13. The first kappa shape index (κ1) is 15.3. The van der Waals surface area contributed by atoms with Gasteiger partial charge in [-0.2, -0.15) is 4.98 Å². The Balaban J connectivity index is 1.60.